The number of fused-ring (bicyclic) bond motifs is 1. The highest BCUT2D eigenvalue weighted by Crippen LogP contribution is 2.32. The molecule has 3 aromatic rings. The van der Waals surface area contributed by atoms with Gasteiger partial charge in [-0.1, -0.05) is 42.5 Å². The molecule has 1 aliphatic rings. The van der Waals surface area contributed by atoms with Crippen molar-refractivity contribution in [2.45, 2.75) is 32.4 Å². The van der Waals surface area contributed by atoms with Crippen LogP contribution in [0.4, 0.5) is 4.39 Å². The van der Waals surface area contributed by atoms with Crippen LogP contribution in [0.3, 0.4) is 0 Å². The molecular formula is C28H31FN2O4. The molecule has 184 valence electrons. The van der Waals surface area contributed by atoms with Gasteiger partial charge in [-0.2, -0.15) is 0 Å². The molecule has 4 rings (SSSR count). The summed E-state index contributed by atoms with van der Waals surface area (Å²) in [4.78, 5) is 11.9. The maximum Gasteiger partial charge on any atom is 0.246 e. The second kappa shape index (κ2) is 12.9. The average molecular weight is 479 g/mol. The summed E-state index contributed by atoms with van der Waals surface area (Å²) in [6.45, 7) is 2.88. The SMILES string of the molecule is O=C(COCc1ccc(F)cc1)NCCCc1ccc(CNCCc2ccc3c(c2)OCO3)cc1. The maximum absolute atomic E-state index is 12.9. The fourth-order valence-electron chi connectivity index (χ4n) is 3.80. The van der Waals surface area contributed by atoms with Gasteiger partial charge in [-0.25, -0.2) is 4.39 Å². The van der Waals surface area contributed by atoms with Gasteiger partial charge in [0.15, 0.2) is 11.5 Å². The Bertz CT molecular complexity index is 1090. The van der Waals surface area contributed by atoms with E-state index >= 15 is 0 Å². The fourth-order valence-corrected chi connectivity index (χ4v) is 3.80. The van der Waals surface area contributed by atoms with Crippen molar-refractivity contribution in [2.75, 3.05) is 26.5 Å². The summed E-state index contributed by atoms with van der Waals surface area (Å²) in [5, 5.41) is 6.36. The fraction of sp³-hybridized carbons (Fsp3) is 0.321. The molecule has 0 unspecified atom stereocenters. The molecule has 35 heavy (non-hydrogen) atoms. The number of benzene rings is 3. The lowest BCUT2D eigenvalue weighted by atomic mass is 10.1. The van der Waals surface area contributed by atoms with Crippen LogP contribution in [0.2, 0.25) is 0 Å². The van der Waals surface area contributed by atoms with E-state index in [-0.39, 0.29) is 24.9 Å². The molecule has 3 aromatic carbocycles. The zero-order valence-electron chi connectivity index (χ0n) is 19.7. The van der Waals surface area contributed by atoms with Crippen LogP contribution in [0, 0.1) is 5.82 Å². The Morgan fingerprint density at radius 3 is 2.37 bits per heavy atom. The van der Waals surface area contributed by atoms with Crippen molar-refractivity contribution in [3.8, 4) is 11.5 Å². The van der Waals surface area contributed by atoms with Crippen molar-refractivity contribution >= 4 is 5.91 Å². The highest BCUT2D eigenvalue weighted by atomic mass is 19.1. The molecule has 0 aliphatic carbocycles. The first-order valence-corrected chi connectivity index (χ1v) is 11.9. The van der Waals surface area contributed by atoms with Gasteiger partial charge >= 0.3 is 0 Å². The molecule has 0 bridgehead atoms. The monoisotopic (exact) mass is 478 g/mol. The lowest BCUT2D eigenvalue weighted by molar-refractivity contribution is -0.126. The topological polar surface area (TPSA) is 68.8 Å². The number of rotatable bonds is 13. The Labute approximate surface area is 205 Å². The summed E-state index contributed by atoms with van der Waals surface area (Å²) < 4.78 is 29.0. The number of hydrogen-bond donors (Lipinski definition) is 2. The summed E-state index contributed by atoms with van der Waals surface area (Å²) in [6.07, 6.45) is 2.68. The van der Waals surface area contributed by atoms with Gasteiger partial charge in [0, 0.05) is 13.1 Å². The van der Waals surface area contributed by atoms with E-state index in [2.05, 4.69) is 41.0 Å². The van der Waals surface area contributed by atoms with E-state index in [9.17, 15) is 9.18 Å². The van der Waals surface area contributed by atoms with Crippen LogP contribution in [0.1, 0.15) is 28.7 Å². The predicted octanol–water partition coefficient (Wildman–Crippen LogP) is 4.15. The summed E-state index contributed by atoms with van der Waals surface area (Å²) in [7, 11) is 0. The van der Waals surface area contributed by atoms with Gasteiger partial charge in [0.05, 0.1) is 6.61 Å². The Morgan fingerprint density at radius 2 is 1.54 bits per heavy atom. The molecule has 0 spiro atoms. The van der Waals surface area contributed by atoms with E-state index in [0.29, 0.717) is 13.3 Å². The Balaban J connectivity index is 1.05. The number of amides is 1. The van der Waals surface area contributed by atoms with Crippen molar-refractivity contribution in [2.24, 2.45) is 0 Å². The number of nitrogens with one attached hydrogen (secondary N) is 2. The number of carbonyl (C=O) groups is 1. The highest BCUT2D eigenvalue weighted by molar-refractivity contribution is 5.77. The Morgan fingerprint density at radius 1 is 0.829 bits per heavy atom. The van der Waals surface area contributed by atoms with Gasteiger partial charge in [0.1, 0.15) is 12.4 Å². The summed E-state index contributed by atoms with van der Waals surface area (Å²) >= 11 is 0. The molecule has 2 N–H and O–H groups in total. The summed E-state index contributed by atoms with van der Waals surface area (Å²) in [5.74, 6) is 1.21. The number of carbonyl (C=O) groups excluding carboxylic acids is 1. The molecular weight excluding hydrogens is 447 g/mol. The molecule has 0 radical (unpaired) electrons. The molecule has 1 heterocycles. The van der Waals surface area contributed by atoms with E-state index in [0.717, 1.165) is 49.4 Å². The van der Waals surface area contributed by atoms with Gasteiger partial charge in [-0.15, -0.1) is 0 Å². The Hall–Kier alpha value is -3.42. The van der Waals surface area contributed by atoms with Crippen LogP contribution in [-0.4, -0.2) is 32.4 Å². The van der Waals surface area contributed by atoms with Crippen molar-refractivity contribution in [1.29, 1.82) is 0 Å². The first kappa shape index (κ1) is 24.7. The van der Waals surface area contributed by atoms with E-state index in [1.54, 1.807) is 12.1 Å². The molecule has 0 saturated carbocycles. The third-order valence-corrected chi connectivity index (χ3v) is 5.76. The van der Waals surface area contributed by atoms with Crippen LogP contribution in [0.25, 0.3) is 0 Å². The summed E-state index contributed by atoms with van der Waals surface area (Å²) in [6, 6.07) is 20.7. The smallest absolute Gasteiger partial charge is 0.246 e. The average Bonchev–Trinajstić information content (AvgIpc) is 3.35. The minimum Gasteiger partial charge on any atom is -0.454 e. The lowest BCUT2D eigenvalue weighted by Gasteiger charge is -2.08. The predicted molar refractivity (Wildman–Crippen MR) is 132 cm³/mol. The standard InChI is InChI=1S/C28H31FN2O4/c29-25-10-7-24(8-11-25)18-33-19-28(32)31-14-1-2-21-3-5-23(6-4-21)17-30-15-13-22-9-12-26-27(16-22)35-20-34-26/h3-12,16,30H,1-2,13-15,17-20H2,(H,31,32). The number of aryl methyl sites for hydroxylation is 1. The largest absolute Gasteiger partial charge is 0.454 e. The van der Waals surface area contributed by atoms with E-state index in [1.807, 2.05) is 12.1 Å². The van der Waals surface area contributed by atoms with Crippen molar-refractivity contribution in [3.63, 3.8) is 0 Å². The van der Waals surface area contributed by atoms with Crippen LogP contribution in [0.5, 0.6) is 11.5 Å². The van der Waals surface area contributed by atoms with Gasteiger partial charge in [0.25, 0.3) is 0 Å². The normalized spacial score (nSPS) is 12.0. The van der Waals surface area contributed by atoms with Crippen LogP contribution in [0.15, 0.2) is 66.7 Å². The molecule has 0 atom stereocenters. The van der Waals surface area contributed by atoms with Crippen molar-refractivity contribution in [3.05, 3.63) is 94.8 Å². The molecule has 0 fully saturated rings. The number of hydrogen-bond acceptors (Lipinski definition) is 5. The van der Waals surface area contributed by atoms with Gasteiger partial charge in [0.2, 0.25) is 12.7 Å². The molecule has 0 aromatic heterocycles. The van der Waals surface area contributed by atoms with E-state index in [1.165, 1.54) is 28.8 Å². The van der Waals surface area contributed by atoms with Crippen molar-refractivity contribution in [1.82, 2.24) is 10.6 Å². The zero-order valence-corrected chi connectivity index (χ0v) is 19.7. The van der Waals surface area contributed by atoms with Gasteiger partial charge in [-0.05, 0) is 72.3 Å². The molecule has 1 aliphatic heterocycles. The third-order valence-electron chi connectivity index (χ3n) is 5.76. The minimum atomic E-state index is -0.286. The highest BCUT2D eigenvalue weighted by Gasteiger charge is 2.12. The molecule has 0 saturated heterocycles. The minimum absolute atomic E-state index is 0.00621. The van der Waals surface area contributed by atoms with Gasteiger partial charge < -0.3 is 24.8 Å². The van der Waals surface area contributed by atoms with E-state index in [4.69, 9.17) is 14.2 Å². The number of ether oxygens (including phenoxy) is 3. The second-order valence-electron chi connectivity index (χ2n) is 8.50. The maximum atomic E-state index is 12.9. The van der Waals surface area contributed by atoms with E-state index < -0.39 is 0 Å². The van der Waals surface area contributed by atoms with Crippen LogP contribution in [-0.2, 0) is 35.5 Å². The van der Waals surface area contributed by atoms with Crippen molar-refractivity contribution < 1.29 is 23.4 Å². The molecule has 6 nitrogen and oxygen atoms in total. The quantitative estimate of drug-likeness (QED) is 0.361. The van der Waals surface area contributed by atoms with Gasteiger partial charge in [-0.3, -0.25) is 4.79 Å². The zero-order chi connectivity index (χ0) is 24.3. The second-order valence-corrected chi connectivity index (χ2v) is 8.50. The Kier molecular flexibility index (Phi) is 9.09. The first-order chi connectivity index (χ1) is 17.2. The molecule has 1 amide bonds. The third kappa shape index (κ3) is 8.09. The number of halogens is 1. The molecule has 7 heteroatoms. The lowest BCUT2D eigenvalue weighted by Crippen LogP contribution is -2.28. The van der Waals surface area contributed by atoms with Crippen LogP contribution < -0.4 is 20.1 Å². The summed E-state index contributed by atoms with van der Waals surface area (Å²) in [5.41, 5.74) is 4.55. The van der Waals surface area contributed by atoms with Crippen LogP contribution >= 0.6 is 0 Å². The first-order valence-electron chi connectivity index (χ1n) is 11.9.